The fourth-order valence-electron chi connectivity index (χ4n) is 4.25. The third-order valence-electron chi connectivity index (χ3n) is 5.28. The van der Waals surface area contributed by atoms with Crippen molar-refractivity contribution >= 4 is 0 Å². The van der Waals surface area contributed by atoms with E-state index in [1.807, 2.05) is 4.68 Å². The predicted molar refractivity (Wildman–Crippen MR) is 75.8 cm³/mol. The lowest BCUT2D eigenvalue weighted by atomic mass is 9.84. The molecule has 2 aliphatic carbocycles. The first kappa shape index (κ1) is 13.2. The van der Waals surface area contributed by atoms with Crippen LogP contribution in [0.2, 0.25) is 0 Å². The zero-order chi connectivity index (χ0) is 13.4. The van der Waals surface area contributed by atoms with Gasteiger partial charge in [-0.2, -0.15) is 5.10 Å². The molecule has 19 heavy (non-hydrogen) atoms. The number of aliphatic hydroxyl groups is 1. The minimum absolute atomic E-state index is 0.322. The van der Waals surface area contributed by atoms with E-state index < -0.39 is 0 Å². The van der Waals surface area contributed by atoms with Gasteiger partial charge in [-0.25, -0.2) is 0 Å². The summed E-state index contributed by atoms with van der Waals surface area (Å²) in [5.74, 6) is 2.60. The number of nitrogens with zero attached hydrogens (tertiary/aromatic N) is 2. The molecule has 2 saturated carbocycles. The summed E-state index contributed by atoms with van der Waals surface area (Å²) in [6.07, 6.45) is 7.17. The van der Waals surface area contributed by atoms with Crippen molar-refractivity contribution in [3.05, 3.63) is 17.5 Å². The Morgan fingerprint density at radius 3 is 2.79 bits per heavy atom. The molecule has 2 bridgehead atoms. The van der Waals surface area contributed by atoms with Gasteiger partial charge in [0.2, 0.25) is 0 Å². The second-order valence-electron chi connectivity index (χ2n) is 6.42. The van der Waals surface area contributed by atoms with Crippen LogP contribution in [0.4, 0.5) is 0 Å². The van der Waals surface area contributed by atoms with Gasteiger partial charge in [-0.15, -0.1) is 0 Å². The number of aryl methyl sites for hydroxylation is 2. The minimum Gasteiger partial charge on any atom is -0.387 e. The van der Waals surface area contributed by atoms with E-state index in [9.17, 15) is 5.11 Å². The Balaban J connectivity index is 1.69. The minimum atomic E-state index is -0.322. The molecule has 2 fully saturated rings. The average molecular weight is 262 g/mol. The van der Waals surface area contributed by atoms with Gasteiger partial charge in [0, 0.05) is 6.54 Å². The van der Waals surface area contributed by atoms with Gasteiger partial charge < -0.3 is 5.11 Å². The normalized spacial score (nSPS) is 31.0. The van der Waals surface area contributed by atoms with E-state index in [1.165, 1.54) is 25.7 Å². The molecule has 0 saturated heterocycles. The molecule has 1 heterocycles. The van der Waals surface area contributed by atoms with E-state index >= 15 is 0 Å². The van der Waals surface area contributed by atoms with Crippen molar-refractivity contribution in [2.45, 2.75) is 65.0 Å². The zero-order valence-electron chi connectivity index (χ0n) is 12.2. The Bertz CT molecular complexity index is 440. The van der Waals surface area contributed by atoms with Crippen LogP contribution in [0.5, 0.6) is 0 Å². The summed E-state index contributed by atoms with van der Waals surface area (Å²) in [4.78, 5) is 0. The Morgan fingerprint density at radius 1 is 1.37 bits per heavy atom. The summed E-state index contributed by atoms with van der Waals surface area (Å²) in [6.45, 7) is 5.07. The zero-order valence-corrected chi connectivity index (χ0v) is 12.2. The van der Waals surface area contributed by atoms with Crippen LogP contribution in [0.15, 0.2) is 6.07 Å². The molecule has 0 aromatic carbocycles. The van der Waals surface area contributed by atoms with Gasteiger partial charge in [-0.1, -0.05) is 13.3 Å². The van der Waals surface area contributed by atoms with Crippen molar-refractivity contribution in [3.8, 4) is 0 Å². The summed E-state index contributed by atoms with van der Waals surface area (Å²) >= 11 is 0. The lowest BCUT2D eigenvalue weighted by Gasteiger charge is -2.24. The number of aliphatic hydroxyl groups excluding tert-OH is 1. The third-order valence-corrected chi connectivity index (χ3v) is 5.28. The molecule has 3 nitrogen and oxygen atoms in total. The summed E-state index contributed by atoms with van der Waals surface area (Å²) in [5, 5.41) is 15.1. The SMILES string of the molecule is CCc1cc(C(O)CC2CC3CCC2C3)n(CC)n1. The smallest absolute Gasteiger partial charge is 0.0959 e. The van der Waals surface area contributed by atoms with Gasteiger partial charge >= 0.3 is 0 Å². The van der Waals surface area contributed by atoms with Crippen molar-refractivity contribution < 1.29 is 5.11 Å². The summed E-state index contributed by atoms with van der Waals surface area (Å²) < 4.78 is 1.98. The Labute approximate surface area is 116 Å². The number of fused-ring (bicyclic) bond motifs is 2. The Morgan fingerprint density at radius 2 is 2.21 bits per heavy atom. The van der Waals surface area contributed by atoms with E-state index in [1.54, 1.807) is 0 Å². The molecule has 3 heteroatoms. The molecule has 1 N–H and O–H groups in total. The molecule has 2 aliphatic rings. The second kappa shape index (κ2) is 5.28. The van der Waals surface area contributed by atoms with E-state index in [0.717, 1.165) is 48.5 Å². The van der Waals surface area contributed by atoms with Crippen molar-refractivity contribution in [2.75, 3.05) is 0 Å². The van der Waals surface area contributed by atoms with Gasteiger partial charge in [0.15, 0.2) is 0 Å². The predicted octanol–water partition coefficient (Wildman–Crippen LogP) is 3.33. The summed E-state index contributed by atoms with van der Waals surface area (Å²) in [6, 6.07) is 2.10. The fourth-order valence-corrected chi connectivity index (χ4v) is 4.25. The van der Waals surface area contributed by atoms with E-state index in [4.69, 9.17) is 0 Å². The van der Waals surface area contributed by atoms with Gasteiger partial charge in [0.25, 0.3) is 0 Å². The van der Waals surface area contributed by atoms with Crippen LogP contribution in [0.3, 0.4) is 0 Å². The lowest BCUT2D eigenvalue weighted by molar-refractivity contribution is 0.117. The van der Waals surface area contributed by atoms with Crippen LogP contribution < -0.4 is 0 Å². The van der Waals surface area contributed by atoms with Crippen LogP contribution in [-0.4, -0.2) is 14.9 Å². The maximum Gasteiger partial charge on any atom is 0.0959 e. The maximum absolute atomic E-state index is 10.6. The lowest BCUT2D eigenvalue weighted by Crippen LogP contribution is -2.16. The number of aromatic nitrogens is 2. The van der Waals surface area contributed by atoms with E-state index in [2.05, 4.69) is 25.0 Å². The van der Waals surface area contributed by atoms with Crippen LogP contribution in [0.25, 0.3) is 0 Å². The maximum atomic E-state index is 10.6. The molecule has 1 aromatic heterocycles. The topological polar surface area (TPSA) is 38.0 Å². The number of rotatable bonds is 5. The van der Waals surface area contributed by atoms with Gasteiger partial charge in [-0.3, -0.25) is 4.68 Å². The first-order valence-electron chi connectivity index (χ1n) is 7.95. The largest absolute Gasteiger partial charge is 0.387 e. The van der Waals surface area contributed by atoms with Crippen LogP contribution in [0.1, 0.15) is 63.4 Å². The average Bonchev–Trinajstić information content (AvgIpc) is 3.12. The van der Waals surface area contributed by atoms with Crippen molar-refractivity contribution in [2.24, 2.45) is 17.8 Å². The van der Waals surface area contributed by atoms with Crippen molar-refractivity contribution in [1.29, 1.82) is 0 Å². The molecular weight excluding hydrogens is 236 g/mol. The van der Waals surface area contributed by atoms with Crippen LogP contribution in [-0.2, 0) is 13.0 Å². The molecule has 4 unspecified atom stereocenters. The highest BCUT2D eigenvalue weighted by molar-refractivity contribution is 5.13. The van der Waals surface area contributed by atoms with Crippen molar-refractivity contribution in [1.82, 2.24) is 9.78 Å². The third kappa shape index (κ3) is 2.45. The molecule has 0 amide bonds. The van der Waals surface area contributed by atoms with Gasteiger partial charge in [0.1, 0.15) is 0 Å². The molecule has 0 radical (unpaired) electrons. The molecule has 1 aromatic rings. The Hall–Kier alpha value is -0.830. The van der Waals surface area contributed by atoms with Crippen molar-refractivity contribution in [3.63, 3.8) is 0 Å². The molecule has 106 valence electrons. The van der Waals surface area contributed by atoms with Crippen LogP contribution >= 0.6 is 0 Å². The van der Waals surface area contributed by atoms with Crippen LogP contribution in [0, 0.1) is 17.8 Å². The van der Waals surface area contributed by atoms with Gasteiger partial charge in [0.05, 0.1) is 17.5 Å². The second-order valence-corrected chi connectivity index (χ2v) is 6.42. The number of hydrogen-bond acceptors (Lipinski definition) is 2. The standard InChI is InChI=1S/C16H26N2O/c1-3-14-10-15(18(4-2)17-14)16(19)9-13-8-11-5-6-12(13)7-11/h10-13,16,19H,3-9H2,1-2H3. The first-order valence-corrected chi connectivity index (χ1v) is 7.95. The number of hydrogen-bond donors (Lipinski definition) is 1. The van der Waals surface area contributed by atoms with E-state index in [-0.39, 0.29) is 6.10 Å². The summed E-state index contributed by atoms with van der Waals surface area (Å²) in [7, 11) is 0. The highest BCUT2D eigenvalue weighted by Crippen LogP contribution is 2.50. The van der Waals surface area contributed by atoms with Gasteiger partial charge in [-0.05, 0) is 62.8 Å². The highest BCUT2D eigenvalue weighted by atomic mass is 16.3. The Kier molecular flexibility index (Phi) is 3.66. The molecule has 0 spiro atoms. The molecule has 0 aliphatic heterocycles. The first-order chi connectivity index (χ1) is 9.21. The molecule has 4 atom stereocenters. The quantitative estimate of drug-likeness (QED) is 0.884. The summed E-state index contributed by atoms with van der Waals surface area (Å²) in [5.41, 5.74) is 2.13. The monoisotopic (exact) mass is 262 g/mol. The molecule has 3 rings (SSSR count). The van der Waals surface area contributed by atoms with E-state index in [0.29, 0.717) is 0 Å². The fraction of sp³-hybridized carbons (Fsp3) is 0.812. The highest BCUT2D eigenvalue weighted by Gasteiger charge is 2.40. The molecular formula is C16H26N2O.